The van der Waals surface area contributed by atoms with E-state index in [2.05, 4.69) is 15.5 Å². The monoisotopic (exact) mass is 313 g/mol. The second-order valence-corrected chi connectivity index (χ2v) is 7.33. The highest BCUT2D eigenvalue weighted by Gasteiger charge is 2.35. The second kappa shape index (κ2) is 5.30. The van der Waals surface area contributed by atoms with Crippen molar-refractivity contribution in [3.8, 4) is 0 Å². The largest absolute Gasteiger partial charge is 0.336 e. The number of nitrogens with one attached hydrogen (secondary N) is 2. The van der Waals surface area contributed by atoms with E-state index in [1.165, 1.54) is 10.5 Å². The summed E-state index contributed by atoms with van der Waals surface area (Å²) in [6.07, 6.45) is 2.69. The first-order chi connectivity index (χ1) is 10.00. The lowest BCUT2D eigenvalue weighted by atomic mass is 10.1. The molecule has 2 fully saturated rings. The Bertz CT molecular complexity index is 633. The molecule has 21 heavy (non-hydrogen) atoms. The predicted octanol–water partition coefficient (Wildman–Crippen LogP) is -0.104. The van der Waals surface area contributed by atoms with Crippen LogP contribution in [0.3, 0.4) is 0 Å². The topological polar surface area (TPSA) is 98.4 Å². The van der Waals surface area contributed by atoms with Crippen LogP contribution in [0.25, 0.3) is 0 Å². The van der Waals surface area contributed by atoms with Crippen LogP contribution in [0.1, 0.15) is 18.5 Å². The van der Waals surface area contributed by atoms with E-state index >= 15 is 0 Å². The average Bonchev–Trinajstić information content (AvgIpc) is 3.08. The minimum atomic E-state index is -3.49. The SMILES string of the molecule is Cc1[nH]ncc1S(=O)(=O)N1CCC(N2CCNC2=O)CC1. The Morgan fingerprint density at radius 2 is 2.00 bits per heavy atom. The number of urea groups is 1. The quantitative estimate of drug-likeness (QED) is 0.814. The number of carbonyl (C=O) groups excluding carboxylic acids is 1. The van der Waals surface area contributed by atoms with E-state index in [1.54, 1.807) is 6.92 Å². The van der Waals surface area contributed by atoms with Gasteiger partial charge >= 0.3 is 6.03 Å². The molecular formula is C12H19N5O3S. The van der Waals surface area contributed by atoms with E-state index in [0.29, 0.717) is 44.7 Å². The molecule has 0 atom stereocenters. The Hall–Kier alpha value is -1.61. The van der Waals surface area contributed by atoms with Gasteiger partial charge in [0, 0.05) is 32.2 Å². The molecule has 2 aliphatic rings. The zero-order valence-corrected chi connectivity index (χ0v) is 12.7. The molecule has 0 aliphatic carbocycles. The summed E-state index contributed by atoms with van der Waals surface area (Å²) in [6.45, 7) is 3.94. The van der Waals surface area contributed by atoms with Crippen LogP contribution in [0.15, 0.2) is 11.1 Å². The van der Waals surface area contributed by atoms with Crippen LogP contribution in [0, 0.1) is 6.92 Å². The van der Waals surface area contributed by atoms with Crippen LogP contribution in [0.5, 0.6) is 0 Å². The maximum Gasteiger partial charge on any atom is 0.317 e. The standard InChI is InChI=1S/C12H19N5O3S/c1-9-11(8-14-15-9)21(19,20)16-5-2-10(3-6-16)17-7-4-13-12(17)18/h8,10H,2-7H2,1H3,(H,13,18)(H,14,15). The lowest BCUT2D eigenvalue weighted by molar-refractivity contribution is 0.167. The van der Waals surface area contributed by atoms with Crippen LogP contribution in [0.4, 0.5) is 4.79 Å². The van der Waals surface area contributed by atoms with Crippen molar-refractivity contribution in [1.82, 2.24) is 24.7 Å². The molecule has 0 aromatic carbocycles. The Kier molecular flexibility index (Phi) is 3.62. The first-order valence-electron chi connectivity index (χ1n) is 7.05. The van der Waals surface area contributed by atoms with Gasteiger partial charge < -0.3 is 10.2 Å². The molecule has 0 saturated carbocycles. The van der Waals surface area contributed by atoms with Crippen molar-refractivity contribution in [3.05, 3.63) is 11.9 Å². The number of hydrogen-bond acceptors (Lipinski definition) is 4. The first kappa shape index (κ1) is 14.3. The fraction of sp³-hybridized carbons (Fsp3) is 0.667. The third kappa shape index (κ3) is 2.51. The number of sulfonamides is 1. The van der Waals surface area contributed by atoms with Gasteiger partial charge in [-0.15, -0.1) is 0 Å². The number of amides is 2. The van der Waals surface area contributed by atoms with Crippen molar-refractivity contribution in [1.29, 1.82) is 0 Å². The molecule has 2 N–H and O–H groups in total. The fourth-order valence-electron chi connectivity index (χ4n) is 2.97. The van der Waals surface area contributed by atoms with Gasteiger partial charge in [-0.1, -0.05) is 0 Å². The predicted molar refractivity (Wildman–Crippen MR) is 75.2 cm³/mol. The number of H-pyrrole nitrogens is 1. The fourth-order valence-corrected chi connectivity index (χ4v) is 4.56. The van der Waals surface area contributed by atoms with Crippen molar-refractivity contribution in [2.75, 3.05) is 26.2 Å². The van der Waals surface area contributed by atoms with Gasteiger partial charge in [0.15, 0.2) is 0 Å². The summed E-state index contributed by atoms with van der Waals surface area (Å²) in [5.41, 5.74) is 0.552. The lowest BCUT2D eigenvalue weighted by Gasteiger charge is -2.35. The highest BCUT2D eigenvalue weighted by molar-refractivity contribution is 7.89. The van der Waals surface area contributed by atoms with Gasteiger partial charge in [-0.2, -0.15) is 9.40 Å². The molecule has 1 aromatic heterocycles. The molecule has 3 heterocycles. The normalized spacial score (nSPS) is 21.8. The molecule has 2 saturated heterocycles. The van der Waals surface area contributed by atoms with Gasteiger partial charge in [-0.3, -0.25) is 5.10 Å². The smallest absolute Gasteiger partial charge is 0.317 e. The summed E-state index contributed by atoms with van der Waals surface area (Å²) in [7, 11) is -3.49. The van der Waals surface area contributed by atoms with E-state index in [9.17, 15) is 13.2 Å². The zero-order valence-electron chi connectivity index (χ0n) is 11.9. The summed E-state index contributed by atoms with van der Waals surface area (Å²) in [5.74, 6) is 0. The third-order valence-electron chi connectivity index (χ3n) is 4.16. The van der Waals surface area contributed by atoms with Crippen molar-refractivity contribution in [2.24, 2.45) is 0 Å². The van der Waals surface area contributed by atoms with Gasteiger partial charge in [-0.05, 0) is 19.8 Å². The summed E-state index contributed by atoms with van der Waals surface area (Å²) in [4.78, 5) is 13.7. The molecule has 2 aliphatic heterocycles. The summed E-state index contributed by atoms with van der Waals surface area (Å²) >= 11 is 0. The van der Waals surface area contributed by atoms with Crippen molar-refractivity contribution in [2.45, 2.75) is 30.7 Å². The Morgan fingerprint density at radius 1 is 1.29 bits per heavy atom. The van der Waals surface area contributed by atoms with Crippen LogP contribution < -0.4 is 5.32 Å². The Labute approximate surface area is 123 Å². The third-order valence-corrected chi connectivity index (χ3v) is 6.17. The Balaban J connectivity index is 1.68. The highest BCUT2D eigenvalue weighted by atomic mass is 32.2. The first-order valence-corrected chi connectivity index (χ1v) is 8.49. The molecule has 1 aromatic rings. The molecule has 8 nitrogen and oxygen atoms in total. The number of aromatic nitrogens is 2. The maximum absolute atomic E-state index is 12.5. The average molecular weight is 313 g/mol. The van der Waals surface area contributed by atoms with Gasteiger partial charge in [0.25, 0.3) is 0 Å². The maximum atomic E-state index is 12.5. The van der Waals surface area contributed by atoms with Crippen LogP contribution in [0.2, 0.25) is 0 Å². The van der Waals surface area contributed by atoms with Crippen molar-refractivity contribution in [3.63, 3.8) is 0 Å². The van der Waals surface area contributed by atoms with E-state index < -0.39 is 10.0 Å². The number of rotatable bonds is 3. The Morgan fingerprint density at radius 3 is 2.52 bits per heavy atom. The lowest BCUT2D eigenvalue weighted by Crippen LogP contribution is -2.47. The molecule has 9 heteroatoms. The van der Waals surface area contributed by atoms with E-state index in [0.717, 1.165) is 0 Å². The van der Waals surface area contributed by atoms with Crippen LogP contribution in [-0.2, 0) is 10.0 Å². The second-order valence-electron chi connectivity index (χ2n) is 5.42. The summed E-state index contributed by atoms with van der Waals surface area (Å²) in [5, 5.41) is 9.22. The molecule has 0 bridgehead atoms. The minimum absolute atomic E-state index is 0.0398. The number of aromatic amines is 1. The van der Waals surface area contributed by atoms with Crippen LogP contribution >= 0.6 is 0 Å². The molecular weight excluding hydrogens is 294 g/mol. The number of hydrogen-bond donors (Lipinski definition) is 2. The number of carbonyl (C=O) groups is 1. The summed E-state index contributed by atoms with van der Waals surface area (Å²) in [6, 6.07) is 0.0892. The molecule has 116 valence electrons. The molecule has 3 rings (SSSR count). The van der Waals surface area contributed by atoms with E-state index in [4.69, 9.17) is 0 Å². The number of piperidine rings is 1. The molecule has 0 unspecified atom stereocenters. The van der Waals surface area contributed by atoms with E-state index in [-0.39, 0.29) is 17.0 Å². The van der Waals surface area contributed by atoms with Gasteiger partial charge in [0.2, 0.25) is 10.0 Å². The van der Waals surface area contributed by atoms with Crippen molar-refractivity contribution >= 4 is 16.1 Å². The summed E-state index contributed by atoms with van der Waals surface area (Å²) < 4.78 is 26.6. The van der Waals surface area contributed by atoms with Gasteiger partial charge in [0.05, 0.1) is 11.9 Å². The highest BCUT2D eigenvalue weighted by Crippen LogP contribution is 2.24. The number of nitrogens with zero attached hydrogens (tertiary/aromatic N) is 3. The molecule has 0 radical (unpaired) electrons. The van der Waals surface area contributed by atoms with Gasteiger partial charge in [0.1, 0.15) is 4.90 Å². The molecule has 2 amide bonds. The number of aryl methyl sites for hydroxylation is 1. The molecule has 0 spiro atoms. The zero-order chi connectivity index (χ0) is 15.0. The van der Waals surface area contributed by atoms with E-state index in [1.807, 2.05) is 4.90 Å². The van der Waals surface area contributed by atoms with Crippen LogP contribution in [-0.4, -0.2) is 66.1 Å². The van der Waals surface area contributed by atoms with Crippen molar-refractivity contribution < 1.29 is 13.2 Å². The van der Waals surface area contributed by atoms with Gasteiger partial charge in [-0.25, -0.2) is 13.2 Å². The minimum Gasteiger partial charge on any atom is -0.336 e.